The zero-order valence-electron chi connectivity index (χ0n) is 8.33. The van der Waals surface area contributed by atoms with Gasteiger partial charge in [-0.3, -0.25) is 0 Å². The van der Waals surface area contributed by atoms with Gasteiger partial charge in [-0.2, -0.15) is 0 Å². The van der Waals surface area contributed by atoms with Crippen molar-refractivity contribution in [1.29, 1.82) is 0 Å². The molecular formula is C14H11F. The maximum atomic E-state index is 13.1. The zero-order chi connectivity index (χ0) is 10.3. The molecule has 0 heterocycles. The highest BCUT2D eigenvalue weighted by Gasteiger charge is 2.15. The molecule has 0 N–H and O–H groups in total. The highest BCUT2D eigenvalue weighted by molar-refractivity contribution is 5.72. The van der Waals surface area contributed by atoms with Gasteiger partial charge in [-0.05, 0) is 47.2 Å². The lowest BCUT2D eigenvalue weighted by Crippen LogP contribution is -2.03. The monoisotopic (exact) mass is 198 g/mol. The first kappa shape index (κ1) is 8.66. The molecule has 0 amide bonds. The van der Waals surface area contributed by atoms with E-state index in [9.17, 15) is 4.39 Å². The van der Waals surface area contributed by atoms with Crippen molar-refractivity contribution in [2.24, 2.45) is 0 Å². The number of hydrogen-bond acceptors (Lipinski definition) is 0. The van der Waals surface area contributed by atoms with Crippen LogP contribution in [0, 0.1) is 5.82 Å². The van der Waals surface area contributed by atoms with Crippen molar-refractivity contribution in [2.75, 3.05) is 0 Å². The van der Waals surface area contributed by atoms with Gasteiger partial charge < -0.3 is 0 Å². The third-order valence-electron chi connectivity index (χ3n) is 3.04. The Balaban J connectivity index is 2.26. The number of halogens is 1. The molecule has 0 radical (unpaired) electrons. The topological polar surface area (TPSA) is 0 Å². The maximum Gasteiger partial charge on any atom is 0.123 e. The van der Waals surface area contributed by atoms with E-state index in [0.29, 0.717) is 0 Å². The third-order valence-corrected chi connectivity index (χ3v) is 3.04. The van der Waals surface area contributed by atoms with Crippen LogP contribution in [0.2, 0.25) is 0 Å². The van der Waals surface area contributed by atoms with Gasteiger partial charge in [0.25, 0.3) is 0 Å². The fourth-order valence-electron chi connectivity index (χ4n) is 2.30. The predicted molar refractivity (Wildman–Crippen MR) is 59.2 cm³/mol. The second-order valence-electron chi connectivity index (χ2n) is 3.96. The van der Waals surface area contributed by atoms with Crippen LogP contribution < -0.4 is 0 Å². The molecule has 0 aromatic heterocycles. The van der Waals surface area contributed by atoms with Gasteiger partial charge in [0, 0.05) is 0 Å². The van der Waals surface area contributed by atoms with Gasteiger partial charge in [0.1, 0.15) is 5.82 Å². The van der Waals surface area contributed by atoms with Crippen LogP contribution in [0.15, 0.2) is 42.5 Å². The van der Waals surface area contributed by atoms with E-state index in [-0.39, 0.29) is 5.82 Å². The van der Waals surface area contributed by atoms with Gasteiger partial charge >= 0.3 is 0 Å². The Morgan fingerprint density at radius 1 is 0.800 bits per heavy atom. The summed E-state index contributed by atoms with van der Waals surface area (Å²) in [6.07, 6.45) is 1.97. The smallest absolute Gasteiger partial charge is 0.123 e. The second-order valence-corrected chi connectivity index (χ2v) is 3.96. The van der Waals surface area contributed by atoms with Gasteiger partial charge in [0.2, 0.25) is 0 Å². The van der Waals surface area contributed by atoms with Gasteiger partial charge in [-0.1, -0.05) is 30.3 Å². The predicted octanol–water partition coefficient (Wildman–Crippen LogP) is 3.59. The largest absolute Gasteiger partial charge is 0.207 e. The summed E-state index contributed by atoms with van der Waals surface area (Å²) in [6.45, 7) is 0. The minimum absolute atomic E-state index is 0.131. The Morgan fingerprint density at radius 3 is 2.47 bits per heavy atom. The minimum atomic E-state index is -0.131. The van der Waals surface area contributed by atoms with Crippen molar-refractivity contribution in [3.05, 3.63) is 59.4 Å². The minimum Gasteiger partial charge on any atom is -0.207 e. The lowest BCUT2D eigenvalue weighted by atomic mass is 9.86. The van der Waals surface area contributed by atoms with E-state index in [1.165, 1.54) is 16.7 Å². The highest BCUT2D eigenvalue weighted by Crippen LogP contribution is 2.33. The fourth-order valence-corrected chi connectivity index (χ4v) is 2.30. The molecule has 0 fully saturated rings. The number of hydrogen-bond donors (Lipinski definition) is 0. The summed E-state index contributed by atoms with van der Waals surface area (Å²) in [6, 6.07) is 13.5. The first-order valence-electron chi connectivity index (χ1n) is 5.21. The lowest BCUT2D eigenvalue weighted by Gasteiger charge is -2.19. The van der Waals surface area contributed by atoms with Gasteiger partial charge in [-0.25, -0.2) is 4.39 Å². The summed E-state index contributed by atoms with van der Waals surface area (Å²) in [7, 11) is 0. The molecule has 0 aliphatic heterocycles. The van der Waals surface area contributed by atoms with Crippen molar-refractivity contribution in [2.45, 2.75) is 12.8 Å². The van der Waals surface area contributed by atoms with E-state index in [4.69, 9.17) is 0 Å². The Morgan fingerprint density at radius 2 is 1.53 bits per heavy atom. The summed E-state index contributed by atoms with van der Waals surface area (Å²) in [4.78, 5) is 0. The van der Waals surface area contributed by atoms with Crippen LogP contribution in [0.1, 0.15) is 11.1 Å². The molecular weight excluding hydrogens is 187 g/mol. The van der Waals surface area contributed by atoms with Gasteiger partial charge in [0.15, 0.2) is 0 Å². The summed E-state index contributed by atoms with van der Waals surface area (Å²) < 4.78 is 13.1. The Hall–Kier alpha value is -1.63. The van der Waals surface area contributed by atoms with E-state index in [0.717, 1.165) is 18.4 Å². The maximum absolute atomic E-state index is 13.1. The molecule has 2 aromatic rings. The Labute approximate surface area is 88.4 Å². The number of fused-ring (bicyclic) bond motifs is 3. The summed E-state index contributed by atoms with van der Waals surface area (Å²) in [5.41, 5.74) is 4.96. The van der Waals surface area contributed by atoms with Crippen LogP contribution in [0.4, 0.5) is 4.39 Å². The lowest BCUT2D eigenvalue weighted by molar-refractivity contribution is 0.625. The molecule has 0 atom stereocenters. The van der Waals surface area contributed by atoms with E-state index in [2.05, 4.69) is 18.2 Å². The Bertz CT molecular complexity index is 514. The van der Waals surface area contributed by atoms with Crippen LogP contribution in [0.5, 0.6) is 0 Å². The number of benzene rings is 2. The van der Waals surface area contributed by atoms with E-state index >= 15 is 0 Å². The summed E-state index contributed by atoms with van der Waals surface area (Å²) >= 11 is 0. The molecule has 0 saturated carbocycles. The molecule has 2 aromatic carbocycles. The standard InChI is InChI=1S/C14H11F/c15-12-7-8-14-11(9-12)6-5-10-3-1-2-4-13(10)14/h1-4,7-9H,5-6H2. The van der Waals surface area contributed by atoms with Crippen LogP contribution in [-0.2, 0) is 12.8 Å². The van der Waals surface area contributed by atoms with Gasteiger partial charge in [0.05, 0.1) is 0 Å². The second kappa shape index (κ2) is 3.20. The van der Waals surface area contributed by atoms with E-state index < -0.39 is 0 Å². The average molecular weight is 198 g/mol. The fraction of sp³-hybridized carbons (Fsp3) is 0.143. The van der Waals surface area contributed by atoms with Crippen LogP contribution in [0.3, 0.4) is 0 Å². The van der Waals surface area contributed by atoms with E-state index in [1.807, 2.05) is 12.1 Å². The molecule has 0 unspecified atom stereocenters. The van der Waals surface area contributed by atoms with Crippen LogP contribution >= 0.6 is 0 Å². The quantitative estimate of drug-likeness (QED) is 0.606. The van der Waals surface area contributed by atoms with Crippen molar-refractivity contribution in [3.63, 3.8) is 0 Å². The first-order chi connectivity index (χ1) is 7.34. The Kier molecular flexibility index (Phi) is 1.84. The molecule has 3 rings (SSSR count). The normalized spacial score (nSPS) is 13.1. The number of aryl methyl sites for hydroxylation is 2. The highest BCUT2D eigenvalue weighted by atomic mass is 19.1. The van der Waals surface area contributed by atoms with Crippen molar-refractivity contribution in [1.82, 2.24) is 0 Å². The molecule has 1 aliphatic carbocycles. The molecule has 15 heavy (non-hydrogen) atoms. The molecule has 1 heteroatoms. The summed E-state index contributed by atoms with van der Waals surface area (Å²) in [5.74, 6) is -0.131. The van der Waals surface area contributed by atoms with E-state index in [1.54, 1.807) is 12.1 Å². The molecule has 0 bridgehead atoms. The third kappa shape index (κ3) is 1.35. The van der Waals surface area contributed by atoms with Crippen molar-refractivity contribution < 1.29 is 4.39 Å². The molecule has 0 saturated heterocycles. The molecule has 0 nitrogen and oxygen atoms in total. The van der Waals surface area contributed by atoms with Crippen LogP contribution in [-0.4, -0.2) is 0 Å². The SMILES string of the molecule is Fc1ccc2c(c1)CCc1ccccc1-2. The number of rotatable bonds is 0. The first-order valence-corrected chi connectivity index (χ1v) is 5.21. The zero-order valence-corrected chi connectivity index (χ0v) is 8.33. The molecule has 74 valence electrons. The molecule has 0 spiro atoms. The van der Waals surface area contributed by atoms with Gasteiger partial charge in [-0.15, -0.1) is 0 Å². The average Bonchev–Trinajstić information content (AvgIpc) is 2.28. The van der Waals surface area contributed by atoms with Crippen molar-refractivity contribution in [3.8, 4) is 11.1 Å². The van der Waals surface area contributed by atoms with Crippen LogP contribution in [0.25, 0.3) is 11.1 Å². The summed E-state index contributed by atoms with van der Waals surface area (Å²) in [5, 5.41) is 0. The molecule has 1 aliphatic rings. The van der Waals surface area contributed by atoms with Crippen molar-refractivity contribution >= 4 is 0 Å².